The number of guanidine groups is 1. The maximum atomic E-state index is 13.2. The van der Waals surface area contributed by atoms with Crippen molar-refractivity contribution >= 4 is 29.9 Å². The summed E-state index contributed by atoms with van der Waals surface area (Å²) in [4.78, 5) is 6.64. The highest BCUT2D eigenvalue weighted by molar-refractivity contribution is 14.0. The van der Waals surface area contributed by atoms with Crippen LogP contribution in [0.3, 0.4) is 0 Å². The van der Waals surface area contributed by atoms with Gasteiger partial charge in [-0.3, -0.25) is 4.99 Å². The molecule has 1 heterocycles. The number of aryl methyl sites for hydroxylation is 1. The predicted molar refractivity (Wildman–Crippen MR) is 96.7 cm³/mol. The van der Waals surface area contributed by atoms with E-state index in [1.165, 1.54) is 12.5 Å². The van der Waals surface area contributed by atoms with Crippen LogP contribution in [0.2, 0.25) is 0 Å². The van der Waals surface area contributed by atoms with Crippen LogP contribution >= 0.6 is 24.0 Å². The van der Waals surface area contributed by atoms with Crippen LogP contribution in [-0.2, 0) is 6.54 Å². The van der Waals surface area contributed by atoms with Crippen LogP contribution in [0.25, 0.3) is 0 Å². The van der Waals surface area contributed by atoms with Crippen LogP contribution in [0.4, 0.5) is 4.39 Å². The molecule has 0 saturated carbocycles. The Labute approximate surface area is 144 Å². The number of hydrogen-bond donors (Lipinski definition) is 1. The second-order valence-corrected chi connectivity index (χ2v) is 6.32. The van der Waals surface area contributed by atoms with E-state index in [4.69, 9.17) is 0 Å². The molecule has 1 saturated heterocycles. The molecule has 3 nitrogen and oxygen atoms in total. The number of rotatable bonds is 2. The second-order valence-electron chi connectivity index (χ2n) is 6.32. The molecule has 0 aliphatic carbocycles. The Balaban J connectivity index is 0.00000220. The number of hydrogen-bond acceptors (Lipinski definition) is 1. The van der Waals surface area contributed by atoms with Gasteiger partial charge >= 0.3 is 0 Å². The zero-order valence-corrected chi connectivity index (χ0v) is 15.6. The van der Waals surface area contributed by atoms with E-state index in [0.717, 1.165) is 24.6 Å². The van der Waals surface area contributed by atoms with Gasteiger partial charge in [0.15, 0.2) is 5.96 Å². The Morgan fingerprint density at radius 3 is 2.67 bits per heavy atom. The SMILES string of the molecule is CN=C(NCc1ccc(F)c(C)c1)N1CCC(C)(C)C1.I. The van der Waals surface area contributed by atoms with Crippen molar-refractivity contribution in [1.82, 2.24) is 10.2 Å². The van der Waals surface area contributed by atoms with E-state index in [9.17, 15) is 4.39 Å². The Hall–Kier alpha value is -0.850. The van der Waals surface area contributed by atoms with Gasteiger partial charge in [-0.05, 0) is 36.0 Å². The van der Waals surface area contributed by atoms with E-state index in [2.05, 4.69) is 29.1 Å². The zero-order chi connectivity index (χ0) is 14.8. The molecule has 2 rings (SSSR count). The van der Waals surface area contributed by atoms with Crippen molar-refractivity contribution in [1.29, 1.82) is 0 Å². The minimum absolute atomic E-state index is 0. The Morgan fingerprint density at radius 1 is 1.43 bits per heavy atom. The standard InChI is InChI=1S/C16H24FN3.HI/c1-12-9-13(5-6-14(12)17)10-19-15(18-4)20-8-7-16(2,3)11-20;/h5-6,9H,7-8,10-11H2,1-4H3,(H,18,19);1H. The number of aliphatic imine (C=N–C) groups is 1. The van der Waals surface area contributed by atoms with Gasteiger partial charge in [-0.2, -0.15) is 0 Å². The number of halogens is 2. The molecule has 1 aromatic rings. The molecule has 0 radical (unpaired) electrons. The van der Waals surface area contributed by atoms with E-state index in [0.29, 0.717) is 17.5 Å². The maximum Gasteiger partial charge on any atom is 0.193 e. The number of nitrogens with zero attached hydrogens (tertiary/aromatic N) is 2. The van der Waals surface area contributed by atoms with Crippen molar-refractivity contribution in [2.24, 2.45) is 10.4 Å². The van der Waals surface area contributed by atoms with E-state index in [1.807, 2.05) is 19.2 Å². The van der Waals surface area contributed by atoms with Gasteiger partial charge in [-0.25, -0.2) is 4.39 Å². The van der Waals surface area contributed by atoms with Gasteiger partial charge in [0.25, 0.3) is 0 Å². The lowest BCUT2D eigenvalue weighted by Crippen LogP contribution is -2.40. The van der Waals surface area contributed by atoms with Gasteiger partial charge in [-0.1, -0.05) is 26.0 Å². The van der Waals surface area contributed by atoms with Crippen molar-refractivity contribution in [2.75, 3.05) is 20.1 Å². The summed E-state index contributed by atoms with van der Waals surface area (Å²) < 4.78 is 13.2. The fourth-order valence-electron chi connectivity index (χ4n) is 2.62. The van der Waals surface area contributed by atoms with Gasteiger partial charge < -0.3 is 10.2 Å². The molecular formula is C16H25FIN3. The van der Waals surface area contributed by atoms with Gasteiger partial charge in [-0.15, -0.1) is 24.0 Å². The molecule has 0 atom stereocenters. The van der Waals surface area contributed by atoms with Crippen molar-refractivity contribution < 1.29 is 4.39 Å². The Kier molecular flexibility index (Phi) is 6.43. The van der Waals surface area contributed by atoms with Crippen LogP contribution in [0.5, 0.6) is 0 Å². The molecule has 1 aliphatic rings. The predicted octanol–water partition coefficient (Wildman–Crippen LogP) is 3.56. The van der Waals surface area contributed by atoms with Crippen LogP contribution < -0.4 is 5.32 Å². The molecule has 0 aromatic heterocycles. The highest BCUT2D eigenvalue weighted by atomic mass is 127. The summed E-state index contributed by atoms with van der Waals surface area (Å²) in [6.45, 7) is 9.08. The van der Waals surface area contributed by atoms with E-state index < -0.39 is 0 Å². The molecule has 1 aliphatic heterocycles. The Bertz CT molecular complexity index is 514. The highest BCUT2D eigenvalue weighted by Gasteiger charge is 2.30. The van der Waals surface area contributed by atoms with Gasteiger partial charge in [0.05, 0.1) is 0 Å². The van der Waals surface area contributed by atoms with Crippen molar-refractivity contribution in [3.8, 4) is 0 Å². The smallest absolute Gasteiger partial charge is 0.193 e. The van der Waals surface area contributed by atoms with Crippen molar-refractivity contribution in [2.45, 2.75) is 33.7 Å². The topological polar surface area (TPSA) is 27.6 Å². The summed E-state index contributed by atoms with van der Waals surface area (Å²) in [7, 11) is 1.81. The lowest BCUT2D eigenvalue weighted by molar-refractivity contribution is 0.370. The van der Waals surface area contributed by atoms with E-state index >= 15 is 0 Å². The lowest BCUT2D eigenvalue weighted by atomic mass is 9.93. The second kappa shape index (κ2) is 7.42. The first-order valence-electron chi connectivity index (χ1n) is 7.12. The van der Waals surface area contributed by atoms with E-state index in [1.54, 1.807) is 6.92 Å². The first-order valence-corrected chi connectivity index (χ1v) is 7.12. The van der Waals surface area contributed by atoms with Gasteiger partial charge in [0, 0.05) is 26.7 Å². The maximum absolute atomic E-state index is 13.2. The summed E-state index contributed by atoms with van der Waals surface area (Å²) in [6, 6.07) is 5.22. The van der Waals surface area contributed by atoms with Gasteiger partial charge in [0.2, 0.25) is 0 Å². The molecule has 1 fully saturated rings. The summed E-state index contributed by atoms with van der Waals surface area (Å²) >= 11 is 0. The molecule has 0 amide bonds. The van der Waals surface area contributed by atoms with E-state index in [-0.39, 0.29) is 29.8 Å². The van der Waals surface area contributed by atoms with Crippen LogP contribution in [0.15, 0.2) is 23.2 Å². The largest absolute Gasteiger partial charge is 0.352 e. The summed E-state index contributed by atoms with van der Waals surface area (Å²) in [6.07, 6.45) is 1.18. The molecule has 118 valence electrons. The summed E-state index contributed by atoms with van der Waals surface area (Å²) in [5.74, 6) is 0.775. The van der Waals surface area contributed by atoms with Crippen LogP contribution in [0, 0.1) is 18.2 Å². The average Bonchev–Trinajstić information content (AvgIpc) is 2.75. The number of benzene rings is 1. The molecule has 1 N–H and O–H groups in total. The molecule has 21 heavy (non-hydrogen) atoms. The lowest BCUT2D eigenvalue weighted by Gasteiger charge is -2.23. The summed E-state index contributed by atoms with van der Waals surface area (Å²) in [5, 5.41) is 3.37. The highest BCUT2D eigenvalue weighted by Crippen LogP contribution is 2.28. The average molecular weight is 405 g/mol. The van der Waals surface area contributed by atoms with Crippen LogP contribution in [0.1, 0.15) is 31.4 Å². The summed E-state index contributed by atoms with van der Waals surface area (Å²) in [5.41, 5.74) is 2.11. The molecule has 0 unspecified atom stereocenters. The van der Waals surface area contributed by atoms with Gasteiger partial charge in [0.1, 0.15) is 5.82 Å². The molecule has 0 bridgehead atoms. The van der Waals surface area contributed by atoms with Crippen molar-refractivity contribution in [3.63, 3.8) is 0 Å². The van der Waals surface area contributed by atoms with Crippen LogP contribution in [-0.4, -0.2) is 31.0 Å². The third-order valence-corrected chi connectivity index (χ3v) is 3.86. The minimum atomic E-state index is -0.153. The normalized spacial score (nSPS) is 17.6. The number of nitrogens with one attached hydrogen (secondary N) is 1. The fourth-order valence-corrected chi connectivity index (χ4v) is 2.62. The Morgan fingerprint density at radius 2 is 2.14 bits per heavy atom. The molecule has 5 heteroatoms. The fraction of sp³-hybridized carbons (Fsp3) is 0.562. The molecule has 1 aromatic carbocycles. The monoisotopic (exact) mass is 405 g/mol. The molecule has 0 spiro atoms. The molecular weight excluding hydrogens is 380 g/mol. The minimum Gasteiger partial charge on any atom is -0.352 e. The first-order chi connectivity index (χ1) is 9.41. The third-order valence-electron chi connectivity index (χ3n) is 3.86. The third kappa shape index (κ3) is 4.83. The zero-order valence-electron chi connectivity index (χ0n) is 13.2. The number of likely N-dealkylation sites (tertiary alicyclic amines) is 1. The first kappa shape index (κ1) is 18.2. The van der Waals surface area contributed by atoms with Crippen molar-refractivity contribution in [3.05, 3.63) is 35.1 Å². The quantitative estimate of drug-likeness (QED) is 0.463.